The van der Waals surface area contributed by atoms with Crippen molar-refractivity contribution in [3.8, 4) is 5.75 Å². The molecule has 0 radical (unpaired) electrons. The lowest BCUT2D eigenvalue weighted by atomic mass is 9.91. The van der Waals surface area contributed by atoms with E-state index < -0.39 is 10.9 Å². The largest absolute Gasteiger partial charge is 0.489 e. The van der Waals surface area contributed by atoms with Gasteiger partial charge < -0.3 is 4.74 Å². The van der Waals surface area contributed by atoms with Crippen LogP contribution in [0.25, 0.3) is 6.08 Å². The normalized spacial score (nSPS) is 15.7. The molecule has 0 bridgehead atoms. The summed E-state index contributed by atoms with van der Waals surface area (Å²) >= 11 is 1.80. The predicted octanol–water partition coefficient (Wildman–Crippen LogP) is 5.45. The van der Waals surface area contributed by atoms with Crippen LogP contribution in [0.5, 0.6) is 5.75 Å². The first kappa shape index (κ1) is 20.8. The van der Waals surface area contributed by atoms with Crippen LogP contribution in [0.2, 0.25) is 0 Å². The summed E-state index contributed by atoms with van der Waals surface area (Å²) in [7, 11) is 0. The van der Waals surface area contributed by atoms with E-state index in [4.69, 9.17) is 4.74 Å². The van der Waals surface area contributed by atoms with E-state index in [0.29, 0.717) is 12.2 Å². The van der Waals surface area contributed by atoms with Gasteiger partial charge in [-0.2, -0.15) is 0 Å². The molecule has 1 aliphatic heterocycles. The monoisotopic (exact) mass is 374 g/mol. The van der Waals surface area contributed by atoms with Crippen LogP contribution in [-0.4, -0.2) is 6.61 Å². The van der Waals surface area contributed by atoms with Gasteiger partial charge in [-0.05, 0) is 50.9 Å². The Morgan fingerprint density at radius 3 is 1.96 bits per heavy atom. The second-order valence-electron chi connectivity index (χ2n) is 8.87. The van der Waals surface area contributed by atoms with Gasteiger partial charge in [-0.15, -0.1) is 0 Å². The van der Waals surface area contributed by atoms with E-state index >= 15 is 0 Å². The zero-order valence-electron chi connectivity index (χ0n) is 17.0. The summed E-state index contributed by atoms with van der Waals surface area (Å²) < 4.78 is 5.56. The molecule has 3 nitrogen and oxygen atoms in total. The Bertz CT molecular complexity index is 800. The molecule has 0 aromatic heterocycles. The van der Waals surface area contributed by atoms with Crippen molar-refractivity contribution in [2.45, 2.75) is 61.3 Å². The highest BCUT2D eigenvalue weighted by Gasteiger charge is 2.28. The van der Waals surface area contributed by atoms with Crippen LogP contribution in [0.1, 0.15) is 66.9 Å². The minimum absolute atomic E-state index is 0.0167. The number of thioether (sulfide) groups is 1. The van der Waals surface area contributed by atoms with E-state index in [9.17, 15) is 9.59 Å². The highest BCUT2D eigenvalue weighted by Crippen LogP contribution is 2.48. The first-order valence-electron chi connectivity index (χ1n) is 9.25. The molecule has 0 spiro atoms. The van der Waals surface area contributed by atoms with E-state index in [-0.39, 0.29) is 16.6 Å². The summed E-state index contributed by atoms with van der Waals surface area (Å²) in [4.78, 5) is 26.4. The molecule has 0 fully saturated rings. The molecule has 0 unspecified atom stereocenters. The number of hydrogen-bond donors (Lipinski definition) is 0. The smallest absolute Gasteiger partial charge is 0.268 e. The van der Waals surface area contributed by atoms with Crippen molar-refractivity contribution < 1.29 is 4.74 Å². The van der Waals surface area contributed by atoms with E-state index in [2.05, 4.69) is 60.6 Å². The Kier molecular flexibility index (Phi) is 6.06. The van der Waals surface area contributed by atoms with Gasteiger partial charge >= 0.3 is 0 Å². The first-order chi connectivity index (χ1) is 11.9. The lowest BCUT2D eigenvalue weighted by molar-refractivity contribution is 0.302. The Balaban J connectivity index is 2.44. The van der Waals surface area contributed by atoms with Crippen molar-refractivity contribution in [1.82, 2.24) is 0 Å². The van der Waals surface area contributed by atoms with E-state index in [0.717, 1.165) is 18.4 Å². The van der Waals surface area contributed by atoms with Crippen LogP contribution < -0.4 is 15.6 Å². The van der Waals surface area contributed by atoms with Gasteiger partial charge in [-0.25, -0.2) is 0 Å². The average molecular weight is 375 g/mol. The van der Waals surface area contributed by atoms with Gasteiger partial charge in [0.15, 0.2) is 5.75 Å². The zero-order chi connectivity index (χ0) is 19.7. The summed E-state index contributed by atoms with van der Waals surface area (Å²) in [6.07, 6.45) is 7.90. The summed E-state index contributed by atoms with van der Waals surface area (Å²) in [6.45, 7) is 15.6. The van der Waals surface area contributed by atoms with Gasteiger partial charge in [-0.3, -0.25) is 9.59 Å². The molecule has 1 aliphatic rings. The minimum Gasteiger partial charge on any atom is -0.489 e. The van der Waals surface area contributed by atoms with E-state index in [1.165, 1.54) is 9.81 Å². The van der Waals surface area contributed by atoms with Gasteiger partial charge in [0.1, 0.15) is 0 Å². The van der Waals surface area contributed by atoms with Crippen LogP contribution in [0.4, 0.5) is 0 Å². The molecule has 4 heteroatoms. The Morgan fingerprint density at radius 2 is 1.50 bits per heavy atom. The number of rotatable bonds is 5. The third kappa shape index (κ3) is 4.59. The van der Waals surface area contributed by atoms with Gasteiger partial charge in [0.05, 0.1) is 12.2 Å². The highest BCUT2D eigenvalue weighted by atomic mass is 32.2. The Morgan fingerprint density at radius 1 is 0.962 bits per heavy atom. The Hall–Kier alpha value is -1.55. The number of allylic oxidation sites excluding steroid dienone is 5. The quantitative estimate of drug-likeness (QED) is 0.507. The van der Waals surface area contributed by atoms with Crippen molar-refractivity contribution in [2.75, 3.05) is 6.61 Å². The summed E-state index contributed by atoms with van der Waals surface area (Å²) in [5.74, 6) is 0.227. The fourth-order valence-electron chi connectivity index (χ4n) is 2.49. The molecule has 0 aliphatic carbocycles. The average Bonchev–Trinajstić information content (AvgIpc) is 2.55. The van der Waals surface area contributed by atoms with Crippen LogP contribution in [0, 0.1) is 10.8 Å². The maximum atomic E-state index is 12.1. The van der Waals surface area contributed by atoms with Gasteiger partial charge in [-0.1, -0.05) is 66.6 Å². The summed E-state index contributed by atoms with van der Waals surface area (Å²) in [5, 5.41) is 0. The molecule has 1 aromatic rings. The molecule has 1 heterocycles. The van der Waals surface area contributed by atoms with Crippen molar-refractivity contribution in [3.63, 3.8) is 0 Å². The van der Waals surface area contributed by atoms with Crippen LogP contribution in [0.3, 0.4) is 0 Å². The van der Waals surface area contributed by atoms with Crippen LogP contribution >= 0.6 is 11.8 Å². The van der Waals surface area contributed by atoms with Gasteiger partial charge in [0, 0.05) is 0 Å². The first-order valence-corrected chi connectivity index (χ1v) is 10.1. The fraction of sp³-hybridized carbons (Fsp3) is 0.545. The highest BCUT2D eigenvalue weighted by molar-refractivity contribution is 8.06. The molecule has 0 saturated heterocycles. The molecule has 1 aromatic carbocycles. The molecule has 2 rings (SSSR count). The lowest BCUT2D eigenvalue weighted by Crippen LogP contribution is -2.35. The molecule has 0 amide bonds. The molecular formula is C22H30O3S. The number of unbranched alkanes of at least 4 members (excludes halogenated alkanes) is 1. The van der Waals surface area contributed by atoms with Crippen molar-refractivity contribution in [1.29, 1.82) is 0 Å². The van der Waals surface area contributed by atoms with E-state index in [1.54, 1.807) is 11.8 Å². The third-order valence-electron chi connectivity index (χ3n) is 4.25. The topological polar surface area (TPSA) is 43.4 Å². The second-order valence-corrected chi connectivity index (χ2v) is 9.95. The Labute approximate surface area is 160 Å². The van der Waals surface area contributed by atoms with Crippen LogP contribution in [0.15, 0.2) is 37.1 Å². The van der Waals surface area contributed by atoms with Crippen LogP contribution in [-0.2, 0) is 0 Å². The van der Waals surface area contributed by atoms with Crippen molar-refractivity contribution >= 4 is 17.8 Å². The molecule has 26 heavy (non-hydrogen) atoms. The number of ether oxygens (including phenoxy) is 1. The molecule has 0 N–H and O–H groups in total. The molecule has 142 valence electrons. The van der Waals surface area contributed by atoms with Gasteiger partial charge in [0.25, 0.3) is 5.43 Å². The van der Waals surface area contributed by atoms with E-state index in [1.807, 2.05) is 6.08 Å². The number of hydrogen-bond acceptors (Lipinski definition) is 4. The van der Waals surface area contributed by atoms with Crippen molar-refractivity contribution in [2.24, 2.45) is 10.8 Å². The summed E-state index contributed by atoms with van der Waals surface area (Å²) in [5.41, 5.74) is 0.441. The maximum absolute atomic E-state index is 12.1. The fourth-order valence-corrected chi connectivity index (χ4v) is 3.73. The molecule has 0 saturated carbocycles. The maximum Gasteiger partial charge on any atom is 0.268 e. The molecule has 0 atom stereocenters. The summed E-state index contributed by atoms with van der Waals surface area (Å²) in [6, 6.07) is 0. The predicted molar refractivity (Wildman–Crippen MR) is 112 cm³/mol. The zero-order valence-corrected chi connectivity index (χ0v) is 17.8. The van der Waals surface area contributed by atoms with Crippen molar-refractivity contribution in [3.05, 3.63) is 53.5 Å². The van der Waals surface area contributed by atoms with Gasteiger partial charge in [0.2, 0.25) is 5.43 Å². The minimum atomic E-state index is -0.502. The standard InChI is InChI=1S/C22H30O3S/c1-8-9-10-25-20-15(18(23)19(20)24)11-14-12-16(21(2,3)4)26-17(13-14)22(5,6)7/h11-13H,8-10H2,1-7H3. The molecular weight excluding hydrogens is 344 g/mol. The second kappa shape index (κ2) is 7.59. The SMILES string of the molecule is CCCCOc1c(C=C2C=C(C(C)(C)C)SC(C(C)(C)C)=C2)c(=O)c1=O. The lowest BCUT2D eigenvalue weighted by Gasteiger charge is -2.32. The third-order valence-corrected chi connectivity index (χ3v) is 6.15.